The molecular weight excluding hydrogens is 146 g/mol. The average molecular weight is 159 g/mol. The van der Waals surface area contributed by atoms with Crippen LogP contribution < -0.4 is 0 Å². The van der Waals surface area contributed by atoms with Gasteiger partial charge in [0.2, 0.25) is 0 Å². The molecule has 1 rings (SSSR count). The number of hydrogen-bond acceptors (Lipinski definition) is 2. The van der Waals surface area contributed by atoms with Crippen molar-refractivity contribution < 1.29 is 15.0 Å². The smallest absolute Gasteiger partial charge is 0.407 e. The van der Waals surface area contributed by atoms with Crippen LogP contribution in [0.15, 0.2) is 0 Å². The number of aliphatic hydroxyl groups is 1. The average Bonchev–Trinajstić information content (AvgIpc) is 2.08. The number of nitrogens with zero attached hydrogens (tertiary/aromatic N) is 1. The van der Waals surface area contributed by atoms with Crippen LogP contribution in [0.1, 0.15) is 13.8 Å². The van der Waals surface area contributed by atoms with Crippen molar-refractivity contribution >= 4 is 6.09 Å². The van der Waals surface area contributed by atoms with Crippen molar-refractivity contribution in [2.75, 3.05) is 13.1 Å². The summed E-state index contributed by atoms with van der Waals surface area (Å²) in [5.74, 6) is 0. The lowest BCUT2D eigenvalue weighted by atomic mass is 9.90. The number of rotatable bonds is 0. The van der Waals surface area contributed by atoms with Crippen LogP contribution in [0.2, 0.25) is 0 Å². The number of β-amino-alcohol motifs (C(OH)–C–C–N with tert-alkyl or cyclic N) is 1. The van der Waals surface area contributed by atoms with Crippen molar-refractivity contribution in [2.24, 2.45) is 5.41 Å². The topological polar surface area (TPSA) is 60.8 Å². The molecule has 4 heteroatoms. The van der Waals surface area contributed by atoms with Crippen molar-refractivity contribution in [1.29, 1.82) is 0 Å². The van der Waals surface area contributed by atoms with Gasteiger partial charge in [-0.25, -0.2) is 4.79 Å². The predicted molar refractivity (Wildman–Crippen MR) is 39.4 cm³/mol. The first-order valence-electron chi connectivity index (χ1n) is 3.59. The van der Waals surface area contributed by atoms with E-state index < -0.39 is 12.2 Å². The van der Waals surface area contributed by atoms with E-state index in [1.165, 1.54) is 4.90 Å². The van der Waals surface area contributed by atoms with Gasteiger partial charge in [-0.15, -0.1) is 0 Å². The third-order valence-corrected chi connectivity index (χ3v) is 2.16. The zero-order chi connectivity index (χ0) is 8.65. The zero-order valence-electron chi connectivity index (χ0n) is 6.74. The number of hydrogen-bond donors (Lipinski definition) is 2. The Morgan fingerprint density at radius 3 is 2.36 bits per heavy atom. The molecule has 1 atom stereocenters. The first kappa shape index (κ1) is 8.33. The minimum atomic E-state index is -0.949. The molecule has 2 N–H and O–H groups in total. The first-order chi connectivity index (χ1) is 4.93. The maximum atomic E-state index is 10.4. The summed E-state index contributed by atoms with van der Waals surface area (Å²) in [6.07, 6.45) is -1.48. The summed E-state index contributed by atoms with van der Waals surface area (Å²) < 4.78 is 0. The van der Waals surface area contributed by atoms with E-state index in [1.807, 2.05) is 13.8 Å². The largest absolute Gasteiger partial charge is 0.465 e. The molecule has 11 heavy (non-hydrogen) atoms. The second-order valence-corrected chi connectivity index (χ2v) is 3.67. The molecule has 0 aromatic rings. The third kappa shape index (κ3) is 1.45. The highest BCUT2D eigenvalue weighted by atomic mass is 16.4. The maximum Gasteiger partial charge on any atom is 0.407 e. The van der Waals surface area contributed by atoms with E-state index in [4.69, 9.17) is 5.11 Å². The Bertz CT molecular complexity index is 179. The van der Waals surface area contributed by atoms with Crippen molar-refractivity contribution in [1.82, 2.24) is 4.90 Å². The van der Waals surface area contributed by atoms with Gasteiger partial charge in [0.15, 0.2) is 0 Å². The zero-order valence-corrected chi connectivity index (χ0v) is 6.74. The Labute approximate surface area is 65.4 Å². The van der Waals surface area contributed by atoms with Gasteiger partial charge >= 0.3 is 6.09 Å². The molecule has 1 amide bonds. The molecule has 0 bridgehead atoms. The Kier molecular flexibility index (Phi) is 1.80. The second kappa shape index (κ2) is 2.37. The molecule has 64 valence electrons. The van der Waals surface area contributed by atoms with Gasteiger partial charge in [-0.2, -0.15) is 0 Å². The fourth-order valence-electron chi connectivity index (χ4n) is 1.26. The molecule has 1 fully saturated rings. The first-order valence-corrected chi connectivity index (χ1v) is 3.59. The number of aliphatic hydroxyl groups excluding tert-OH is 1. The van der Waals surface area contributed by atoms with Gasteiger partial charge in [-0.3, -0.25) is 0 Å². The maximum absolute atomic E-state index is 10.4. The predicted octanol–water partition coefficient (Wildman–Crippen LogP) is 0.367. The molecule has 0 aromatic carbocycles. The monoisotopic (exact) mass is 159 g/mol. The van der Waals surface area contributed by atoms with E-state index in [0.29, 0.717) is 6.54 Å². The van der Waals surface area contributed by atoms with Crippen molar-refractivity contribution in [2.45, 2.75) is 20.0 Å². The molecule has 1 aliphatic rings. The van der Waals surface area contributed by atoms with Crippen molar-refractivity contribution in [3.05, 3.63) is 0 Å². The van der Waals surface area contributed by atoms with Crippen LogP contribution in [0.3, 0.4) is 0 Å². The molecule has 0 unspecified atom stereocenters. The van der Waals surface area contributed by atoms with Crippen LogP contribution in [0.4, 0.5) is 4.79 Å². The summed E-state index contributed by atoms with van der Waals surface area (Å²) in [6, 6.07) is 0. The highest BCUT2D eigenvalue weighted by molar-refractivity contribution is 5.65. The Hall–Kier alpha value is -0.770. The van der Waals surface area contributed by atoms with Crippen molar-refractivity contribution in [3.63, 3.8) is 0 Å². The Morgan fingerprint density at radius 2 is 2.18 bits per heavy atom. The molecule has 1 heterocycles. The van der Waals surface area contributed by atoms with Gasteiger partial charge in [-0.05, 0) is 0 Å². The van der Waals surface area contributed by atoms with Gasteiger partial charge in [0.1, 0.15) is 0 Å². The Morgan fingerprint density at radius 1 is 1.64 bits per heavy atom. The summed E-state index contributed by atoms with van der Waals surface area (Å²) in [5.41, 5.74) is -0.293. The van der Waals surface area contributed by atoms with E-state index in [0.717, 1.165) is 0 Å². The van der Waals surface area contributed by atoms with Crippen LogP contribution in [0, 0.1) is 5.41 Å². The molecular formula is C7H13NO3. The molecule has 4 nitrogen and oxygen atoms in total. The van der Waals surface area contributed by atoms with E-state index in [9.17, 15) is 9.90 Å². The van der Waals surface area contributed by atoms with Crippen LogP contribution in [-0.2, 0) is 0 Å². The van der Waals surface area contributed by atoms with Crippen LogP contribution in [0.25, 0.3) is 0 Å². The summed E-state index contributed by atoms with van der Waals surface area (Å²) in [4.78, 5) is 11.7. The SMILES string of the molecule is CC1(C)CN(C(=O)O)C[C@@H]1O. The van der Waals surface area contributed by atoms with Crippen LogP contribution in [-0.4, -0.2) is 40.4 Å². The highest BCUT2D eigenvalue weighted by Crippen LogP contribution is 2.29. The summed E-state index contributed by atoms with van der Waals surface area (Å²) in [6.45, 7) is 4.38. The van der Waals surface area contributed by atoms with E-state index in [-0.39, 0.29) is 12.0 Å². The van der Waals surface area contributed by atoms with Gasteiger partial charge in [0, 0.05) is 12.0 Å². The molecule has 0 radical (unpaired) electrons. The fraction of sp³-hybridized carbons (Fsp3) is 0.857. The van der Waals surface area contributed by atoms with E-state index in [2.05, 4.69) is 0 Å². The number of amides is 1. The lowest BCUT2D eigenvalue weighted by Crippen LogP contribution is -2.28. The standard InChI is InChI=1S/C7H13NO3/c1-7(2)4-8(6(10)11)3-5(7)9/h5,9H,3-4H2,1-2H3,(H,10,11)/t5-/m0/s1. The van der Waals surface area contributed by atoms with Gasteiger partial charge < -0.3 is 15.1 Å². The lowest BCUT2D eigenvalue weighted by molar-refractivity contribution is 0.0952. The molecule has 0 aliphatic carbocycles. The quantitative estimate of drug-likeness (QED) is 0.536. The molecule has 1 saturated heterocycles. The lowest BCUT2D eigenvalue weighted by Gasteiger charge is -2.19. The minimum Gasteiger partial charge on any atom is -0.465 e. The van der Waals surface area contributed by atoms with Gasteiger partial charge in [0.05, 0.1) is 12.6 Å². The van der Waals surface area contributed by atoms with Crippen molar-refractivity contribution in [3.8, 4) is 0 Å². The molecule has 0 saturated carbocycles. The normalized spacial score (nSPS) is 29.0. The molecule has 0 spiro atoms. The minimum absolute atomic E-state index is 0.238. The van der Waals surface area contributed by atoms with Gasteiger partial charge in [0.25, 0.3) is 0 Å². The third-order valence-electron chi connectivity index (χ3n) is 2.16. The van der Waals surface area contributed by atoms with Crippen LogP contribution >= 0.6 is 0 Å². The summed E-state index contributed by atoms with van der Waals surface area (Å²) in [7, 11) is 0. The Balaban J connectivity index is 2.64. The summed E-state index contributed by atoms with van der Waals surface area (Å²) in [5, 5.41) is 17.9. The van der Waals surface area contributed by atoms with E-state index >= 15 is 0 Å². The number of carbonyl (C=O) groups is 1. The van der Waals surface area contributed by atoms with Gasteiger partial charge in [-0.1, -0.05) is 13.8 Å². The van der Waals surface area contributed by atoms with Crippen LogP contribution in [0.5, 0.6) is 0 Å². The fourth-order valence-corrected chi connectivity index (χ4v) is 1.26. The highest BCUT2D eigenvalue weighted by Gasteiger charge is 2.40. The second-order valence-electron chi connectivity index (χ2n) is 3.67. The molecule has 0 aromatic heterocycles. The number of carboxylic acid groups (broad SMARTS) is 1. The van der Waals surface area contributed by atoms with E-state index in [1.54, 1.807) is 0 Å². The molecule has 1 aliphatic heterocycles. The summed E-state index contributed by atoms with van der Waals surface area (Å²) >= 11 is 0. The number of likely N-dealkylation sites (tertiary alicyclic amines) is 1.